The van der Waals surface area contributed by atoms with Crippen molar-refractivity contribution in [2.45, 2.75) is 19.3 Å². The highest BCUT2D eigenvalue weighted by atomic mass is 35.5. The van der Waals surface area contributed by atoms with Crippen LogP contribution in [0.4, 0.5) is 0 Å². The average molecular weight is 366 g/mol. The van der Waals surface area contributed by atoms with Gasteiger partial charge in [-0.05, 0) is 44.0 Å². The highest BCUT2D eigenvalue weighted by Gasteiger charge is 2.22. The number of rotatable bonds is 7. The molecule has 5 nitrogen and oxygen atoms in total. The number of hydrogen-bond acceptors (Lipinski definition) is 4. The van der Waals surface area contributed by atoms with Crippen molar-refractivity contribution in [1.82, 2.24) is 15.1 Å². The van der Waals surface area contributed by atoms with E-state index in [9.17, 15) is 4.79 Å². The smallest absolute Gasteiger partial charge is 0.222 e. The van der Waals surface area contributed by atoms with Crippen LogP contribution >= 0.6 is 11.6 Å². The summed E-state index contributed by atoms with van der Waals surface area (Å²) in [5, 5.41) is 4.01. The lowest BCUT2D eigenvalue weighted by atomic mass is 10.0. The molecular weight excluding hydrogens is 338 g/mol. The second kappa shape index (κ2) is 9.41. The Morgan fingerprint density at radius 3 is 2.76 bits per heavy atom. The maximum atomic E-state index is 12.3. The van der Waals surface area contributed by atoms with Gasteiger partial charge in [-0.3, -0.25) is 9.69 Å². The van der Waals surface area contributed by atoms with Crippen molar-refractivity contribution in [3.05, 3.63) is 29.3 Å². The predicted molar refractivity (Wildman–Crippen MR) is 100 cm³/mol. The molecule has 138 valence electrons. The van der Waals surface area contributed by atoms with Gasteiger partial charge < -0.3 is 15.0 Å². The van der Waals surface area contributed by atoms with Gasteiger partial charge in [-0.2, -0.15) is 0 Å². The molecule has 25 heavy (non-hydrogen) atoms. The minimum absolute atomic E-state index is 0.318. The van der Waals surface area contributed by atoms with Gasteiger partial charge in [0.25, 0.3) is 0 Å². The number of piperazine rings is 1. The Balaban J connectivity index is 1.31. The molecule has 6 heteroatoms. The summed E-state index contributed by atoms with van der Waals surface area (Å²) in [5.74, 6) is 1.74. The molecule has 0 bridgehead atoms. The van der Waals surface area contributed by atoms with Crippen LogP contribution in [-0.4, -0.2) is 68.1 Å². The maximum Gasteiger partial charge on any atom is 0.222 e. The quantitative estimate of drug-likeness (QED) is 0.805. The summed E-state index contributed by atoms with van der Waals surface area (Å²) in [6.45, 7) is 7.15. The largest absolute Gasteiger partial charge is 0.491 e. The van der Waals surface area contributed by atoms with Crippen molar-refractivity contribution < 1.29 is 9.53 Å². The van der Waals surface area contributed by atoms with Crippen LogP contribution in [-0.2, 0) is 4.79 Å². The molecule has 1 atom stereocenters. The monoisotopic (exact) mass is 365 g/mol. The zero-order valence-corrected chi connectivity index (χ0v) is 15.5. The minimum atomic E-state index is 0.318. The number of carbonyl (C=O) groups is 1. The van der Waals surface area contributed by atoms with E-state index in [1.54, 1.807) is 0 Å². The van der Waals surface area contributed by atoms with Gasteiger partial charge in [0.15, 0.2) is 0 Å². The third-order valence-corrected chi connectivity index (χ3v) is 5.47. The number of hydrogen-bond donors (Lipinski definition) is 1. The Morgan fingerprint density at radius 2 is 2.04 bits per heavy atom. The van der Waals surface area contributed by atoms with Crippen molar-refractivity contribution >= 4 is 17.5 Å². The molecule has 0 spiro atoms. The summed E-state index contributed by atoms with van der Waals surface area (Å²) >= 11 is 6.09. The molecule has 2 fully saturated rings. The van der Waals surface area contributed by atoms with Crippen molar-refractivity contribution in [3.8, 4) is 5.75 Å². The number of carbonyl (C=O) groups excluding carboxylic acids is 1. The molecule has 0 aliphatic carbocycles. The molecule has 1 aromatic rings. The maximum absolute atomic E-state index is 12.3. The van der Waals surface area contributed by atoms with Gasteiger partial charge in [-0.25, -0.2) is 0 Å². The molecule has 2 saturated heterocycles. The number of amides is 1. The fourth-order valence-electron chi connectivity index (χ4n) is 3.51. The van der Waals surface area contributed by atoms with Crippen LogP contribution in [0, 0.1) is 5.92 Å². The van der Waals surface area contributed by atoms with Crippen molar-refractivity contribution in [3.63, 3.8) is 0 Å². The lowest BCUT2D eigenvalue weighted by molar-refractivity contribution is -0.133. The number of benzene rings is 1. The second-order valence-corrected chi connectivity index (χ2v) is 7.31. The van der Waals surface area contributed by atoms with E-state index in [0.717, 1.165) is 58.0 Å². The Morgan fingerprint density at radius 1 is 1.24 bits per heavy atom. The summed E-state index contributed by atoms with van der Waals surface area (Å²) in [7, 11) is 0. The third-order valence-electron chi connectivity index (χ3n) is 5.16. The SMILES string of the molecule is O=C(CCC1CCNC1)N1CCN(CCOc2ccccc2Cl)CC1. The van der Waals surface area contributed by atoms with Crippen LogP contribution in [0.2, 0.25) is 5.02 Å². The zero-order valence-electron chi connectivity index (χ0n) is 14.8. The van der Waals surface area contributed by atoms with E-state index in [0.29, 0.717) is 29.9 Å². The van der Waals surface area contributed by atoms with Crippen LogP contribution in [0.15, 0.2) is 24.3 Å². The topological polar surface area (TPSA) is 44.8 Å². The van der Waals surface area contributed by atoms with E-state index in [1.807, 2.05) is 29.2 Å². The Labute approximate surface area is 155 Å². The van der Waals surface area contributed by atoms with E-state index in [-0.39, 0.29) is 0 Å². The van der Waals surface area contributed by atoms with Gasteiger partial charge >= 0.3 is 0 Å². The van der Waals surface area contributed by atoms with Crippen molar-refractivity contribution in [2.24, 2.45) is 5.92 Å². The van der Waals surface area contributed by atoms with E-state index in [1.165, 1.54) is 6.42 Å². The lowest BCUT2D eigenvalue weighted by Crippen LogP contribution is -2.49. The van der Waals surface area contributed by atoms with Gasteiger partial charge in [-0.15, -0.1) is 0 Å². The predicted octanol–water partition coefficient (Wildman–Crippen LogP) is 2.25. The summed E-state index contributed by atoms with van der Waals surface area (Å²) in [6.07, 6.45) is 2.94. The Hall–Kier alpha value is -1.30. The van der Waals surface area contributed by atoms with Crippen LogP contribution in [0.25, 0.3) is 0 Å². The molecule has 1 amide bonds. The molecule has 1 N–H and O–H groups in total. The molecule has 2 aliphatic rings. The van der Waals surface area contributed by atoms with E-state index < -0.39 is 0 Å². The van der Waals surface area contributed by atoms with Crippen LogP contribution in [0.5, 0.6) is 5.75 Å². The molecule has 0 radical (unpaired) electrons. The first kappa shape index (κ1) is 18.5. The average Bonchev–Trinajstić information content (AvgIpc) is 3.15. The molecule has 3 rings (SSSR count). The Kier molecular flexibility index (Phi) is 6.96. The molecule has 1 unspecified atom stereocenters. The van der Waals surface area contributed by atoms with Crippen molar-refractivity contribution in [1.29, 1.82) is 0 Å². The molecular formula is C19H28ClN3O2. The third kappa shape index (κ3) is 5.59. The van der Waals surface area contributed by atoms with Crippen LogP contribution in [0.3, 0.4) is 0 Å². The van der Waals surface area contributed by atoms with E-state index in [2.05, 4.69) is 10.2 Å². The number of ether oxygens (including phenoxy) is 1. The number of para-hydroxylation sites is 1. The standard InChI is InChI=1S/C19H28ClN3O2/c20-17-3-1-2-4-18(17)25-14-13-22-9-11-23(12-10-22)19(24)6-5-16-7-8-21-15-16/h1-4,16,21H,5-15H2. The normalized spacial score (nSPS) is 21.5. The van der Waals surface area contributed by atoms with Gasteiger partial charge in [0, 0.05) is 39.1 Å². The summed E-state index contributed by atoms with van der Waals surface area (Å²) < 4.78 is 5.75. The molecule has 2 heterocycles. The molecule has 1 aromatic carbocycles. The first-order chi connectivity index (χ1) is 12.2. The van der Waals surface area contributed by atoms with E-state index >= 15 is 0 Å². The first-order valence-corrected chi connectivity index (χ1v) is 9.68. The van der Waals surface area contributed by atoms with Gasteiger partial charge in [-0.1, -0.05) is 23.7 Å². The zero-order chi connectivity index (χ0) is 17.5. The number of nitrogens with one attached hydrogen (secondary N) is 1. The highest BCUT2D eigenvalue weighted by molar-refractivity contribution is 6.32. The fraction of sp³-hybridized carbons (Fsp3) is 0.632. The summed E-state index contributed by atoms with van der Waals surface area (Å²) in [5.41, 5.74) is 0. The van der Waals surface area contributed by atoms with Crippen LogP contribution in [0.1, 0.15) is 19.3 Å². The number of nitrogens with zero attached hydrogens (tertiary/aromatic N) is 2. The number of halogens is 1. The summed E-state index contributed by atoms with van der Waals surface area (Å²) in [6, 6.07) is 7.55. The van der Waals surface area contributed by atoms with E-state index in [4.69, 9.17) is 16.3 Å². The van der Waals surface area contributed by atoms with Crippen LogP contribution < -0.4 is 10.1 Å². The lowest BCUT2D eigenvalue weighted by Gasteiger charge is -2.34. The van der Waals surface area contributed by atoms with Gasteiger partial charge in [0.1, 0.15) is 12.4 Å². The first-order valence-electron chi connectivity index (χ1n) is 9.30. The second-order valence-electron chi connectivity index (χ2n) is 6.90. The highest BCUT2D eigenvalue weighted by Crippen LogP contribution is 2.23. The molecule has 0 aromatic heterocycles. The Bertz CT molecular complexity index is 555. The molecule has 0 saturated carbocycles. The van der Waals surface area contributed by atoms with Crippen molar-refractivity contribution in [2.75, 3.05) is 52.4 Å². The minimum Gasteiger partial charge on any atom is -0.491 e. The fourth-order valence-corrected chi connectivity index (χ4v) is 3.70. The van der Waals surface area contributed by atoms with Gasteiger partial charge in [0.05, 0.1) is 5.02 Å². The summed E-state index contributed by atoms with van der Waals surface area (Å²) in [4.78, 5) is 16.7. The van der Waals surface area contributed by atoms with Gasteiger partial charge in [0.2, 0.25) is 5.91 Å². The molecule has 2 aliphatic heterocycles.